The molecular weight excluding hydrogens is 296 g/mol. The maximum atomic E-state index is 12.8. The first-order chi connectivity index (χ1) is 10.6. The summed E-state index contributed by atoms with van der Waals surface area (Å²) < 4.78 is 1.96. The minimum Gasteiger partial charge on any atom is -0.337 e. The van der Waals surface area contributed by atoms with Gasteiger partial charge in [-0.15, -0.1) is 21.5 Å². The van der Waals surface area contributed by atoms with Gasteiger partial charge in [0.25, 0.3) is 5.91 Å². The van der Waals surface area contributed by atoms with Crippen molar-refractivity contribution >= 4 is 17.2 Å². The molecule has 0 saturated carbocycles. The largest absolute Gasteiger partial charge is 0.337 e. The Bertz CT molecular complexity index is 675. The van der Waals surface area contributed by atoms with E-state index in [1.165, 1.54) is 10.4 Å². The SMILES string of the molecule is CCc1sc(C(=O)N2CCCC(c3nncn3C)C2)cc1C. The highest BCUT2D eigenvalue weighted by molar-refractivity contribution is 7.14. The lowest BCUT2D eigenvalue weighted by atomic mass is 9.97. The van der Waals surface area contributed by atoms with Gasteiger partial charge in [0.05, 0.1) is 4.88 Å². The summed E-state index contributed by atoms with van der Waals surface area (Å²) in [7, 11) is 1.96. The summed E-state index contributed by atoms with van der Waals surface area (Å²) in [5.74, 6) is 1.44. The fourth-order valence-electron chi connectivity index (χ4n) is 3.17. The Kier molecular flexibility index (Phi) is 4.29. The van der Waals surface area contributed by atoms with Crippen LogP contribution in [0.25, 0.3) is 0 Å². The molecule has 0 aromatic carbocycles. The molecule has 1 saturated heterocycles. The molecule has 118 valence electrons. The van der Waals surface area contributed by atoms with Crippen LogP contribution in [0.4, 0.5) is 0 Å². The highest BCUT2D eigenvalue weighted by atomic mass is 32.1. The van der Waals surface area contributed by atoms with E-state index < -0.39 is 0 Å². The summed E-state index contributed by atoms with van der Waals surface area (Å²) in [6, 6.07) is 2.04. The first kappa shape index (κ1) is 15.2. The number of hydrogen-bond acceptors (Lipinski definition) is 4. The average molecular weight is 318 g/mol. The van der Waals surface area contributed by atoms with Gasteiger partial charge < -0.3 is 9.47 Å². The molecule has 0 N–H and O–H groups in total. The Hall–Kier alpha value is -1.69. The molecule has 0 aliphatic carbocycles. The summed E-state index contributed by atoms with van der Waals surface area (Å²) in [5, 5.41) is 8.18. The Morgan fingerprint density at radius 1 is 1.50 bits per heavy atom. The Morgan fingerprint density at radius 2 is 2.32 bits per heavy atom. The number of carbonyl (C=O) groups is 1. The predicted molar refractivity (Wildman–Crippen MR) is 87.3 cm³/mol. The van der Waals surface area contributed by atoms with Crippen molar-refractivity contribution in [3.63, 3.8) is 0 Å². The van der Waals surface area contributed by atoms with Gasteiger partial charge in [-0.2, -0.15) is 0 Å². The lowest BCUT2D eigenvalue weighted by molar-refractivity contribution is 0.0708. The minimum atomic E-state index is 0.166. The minimum absolute atomic E-state index is 0.166. The average Bonchev–Trinajstić information content (AvgIpc) is 3.12. The molecule has 3 heterocycles. The quantitative estimate of drug-likeness (QED) is 0.874. The third-order valence-electron chi connectivity index (χ3n) is 4.37. The van der Waals surface area contributed by atoms with Crippen LogP contribution in [0.2, 0.25) is 0 Å². The lowest BCUT2D eigenvalue weighted by Crippen LogP contribution is -2.39. The van der Waals surface area contributed by atoms with Crippen LogP contribution in [0, 0.1) is 6.92 Å². The molecule has 3 rings (SSSR count). The molecule has 22 heavy (non-hydrogen) atoms. The zero-order valence-corrected chi connectivity index (χ0v) is 14.2. The van der Waals surface area contributed by atoms with Crippen LogP contribution >= 0.6 is 11.3 Å². The van der Waals surface area contributed by atoms with Crippen LogP contribution in [0.5, 0.6) is 0 Å². The maximum Gasteiger partial charge on any atom is 0.263 e. The maximum absolute atomic E-state index is 12.8. The lowest BCUT2D eigenvalue weighted by Gasteiger charge is -2.31. The number of hydrogen-bond donors (Lipinski definition) is 0. The van der Waals surface area contributed by atoms with E-state index in [9.17, 15) is 4.79 Å². The van der Waals surface area contributed by atoms with Crippen LogP contribution in [-0.4, -0.2) is 38.7 Å². The Morgan fingerprint density at radius 3 is 2.95 bits per heavy atom. The van der Waals surface area contributed by atoms with Gasteiger partial charge in [-0.05, 0) is 37.8 Å². The first-order valence-electron chi connectivity index (χ1n) is 7.82. The monoisotopic (exact) mass is 318 g/mol. The Labute approximate surface area is 135 Å². The fourth-order valence-corrected chi connectivity index (χ4v) is 4.25. The first-order valence-corrected chi connectivity index (χ1v) is 8.64. The molecule has 1 unspecified atom stereocenters. The zero-order chi connectivity index (χ0) is 15.7. The number of nitrogens with zero attached hydrogens (tertiary/aromatic N) is 4. The van der Waals surface area contributed by atoms with Crippen molar-refractivity contribution < 1.29 is 4.79 Å². The molecule has 6 heteroatoms. The van der Waals surface area contributed by atoms with Crippen molar-refractivity contribution in [1.29, 1.82) is 0 Å². The van der Waals surface area contributed by atoms with E-state index in [1.807, 2.05) is 22.6 Å². The van der Waals surface area contributed by atoms with Gasteiger partial charge in [-0.1, -0.05) is 6.92 Å². The van der Waals surface area contributed by atoms with Crippen LogP contribution in [0.3, 0.4) is 0 Å². The molecule has 1 aliphatic heterocycles. The third-order valence-corrected chi connectivity index (χ3v) is 5.74. The molecule has 1 fully saturated rings. The number of carbonyl (C=O) groups excluding carboxylic acids is 1. The van der Waals surface area contributed by atoms with Crippen molar-refractivity contribution in [2.24, 2.45) is 7.05 Å². The van der Waals surface area contributed by atoms with E-state index in [4.69, 9.17) is 0 Å². The van der Waals surface area contributed by atoms with Crippen LogP contribution in [0.15, 0.2) is 12.4 Å². The van der Waals surface area contributed by atoms with E-state index >= 15 is 0 Å². The zero-order valence-electron chi connectivity index (χ0n) is 13.4. The van der Waals surface area contributed by atoms with Crippen molar-refractivity contribution in [3.05, 3.63) is 33.5 Å². The van der Waals surface area contributed by atoms with Gasteiger partial charge in [0.1, 0.15) is 12.2 Å². The summed E-state index contributed by atoms with van der Waals surface area (Å²) >= 11 is 1.64. The number of aromatic nitrogens is 3. The molecule has 0 spiro atoms. The van der Waals surface area contributed by atoms with Gasteiger partial charge in [0.15, 0.2) is 0 Å². The third kappa shape index (κ3) is 2.79. The van der Waals surface area contributed by atoms with Gasteiger partial charge in [0.2, 0.25) is 0 Å². The van der Waals surface area contributed by atoms with Gasteiger partial charge >= 0.3 is 0 Å². The normalized spacial score (nSPS) is 18.7. The topological polar surface area (TPSA) is 51.0 Å². The number of aryl methyl sites for hydroxylation is 3. The Balaban J connectivity index is 1.76. The number of amides is 1. The summed E-state index contributed by atoms with van der Waals surface area (Å²) in [5.41, 5.74) is 1.23. The predicted octanol–water partition coefficient (Wildman–Crippen LogP) is 2.77. The molecule has 2 aromatic heterocycles. The van der Waals surface area contributed by atoms with Crippen molar-refractivity contribution in [3.8, 4) is 0 Å². The van der Waals surface area contributed by atoms with Gasteiger partial charge in [-0.3, -0.25) is 4.79 Å². The standard InChI is InChI=1S/C16H22N4OS/c1-4-13-11(2)8-14(22-13)16(21)20-7-5-6-12(9-20)15-18-17-10-19(15)3/h8,10,12H,4-7,9H2,1-3H3. The van der Waals surface area contributed by atoms with Crippen molar-refractivity contribution in [1.82, 2.24) is 19.7 Å². The van der Waals surface area contributed by atoms with E-state index in [1.54, 1.807) is 17.7 Å². The number of piperidine rings is 1. The molecule has 1 amide bonds. The number of likely N-dealkylation sites (tertiary alicyclic amines) is 1. The molecule has 1 atom stereocenters. The fraction of sp³-hybridized carbons (Fsp3) is 0.562. The van der Waals surface area contributed by atoms with Crippen LogP contribution in [0.1, 0.15) is 51.6 Å². The second-order valence-electron chi connectivity index (χ2n) is 5.96. The summed E-state index contributed by atoms with van der Waals surface area (Å²) in [6.45, 7) is 5.80. The second-order valence-corrected chi connectivity index (χ2v) is 7.10. The van der Waals surface area contributed by atoms with E-state index in [2.05, 4.69) is 24.0 Å². The smallest absolute Gasteiger partial charge is 0.263 e. The van der Waals surface area contributed by atoms with Crippen molar-refractivity contribution in [2.75, 3.05) is 13.1 Å². The highest BCUT2D eigenvalue weighted by Crippen LogP contribution is 2.29. The molecule has 0 bridgehead atoms. The molecule has 5 nitrogen and oxygen atoms in total. The van der Waals surface area contributed by atoms with Crippen molar-refractivity contribution in [2.45, 2.75) is 39.0 Å². The van der Waals surface area contributed by atoms with Gasteiger partial charge in [-0.25, -0.2) is 0 Å². The summed E-state index contributed by atoms with van der Waals surface area (Å²) in [6.07, 6.45) is 4.81. The number of thiophene rings is 1. The van der Waals surface area contributed by atoms with E-state index in [-0.39, 0.29) is 11.8 Å². The molecule has 0 radical (unpaired) electrons. The second kappa shape index (κ2) is 6.20. The molecule has 2 aromatic rings. The van der Waals surface area contributed by atoms with Gasteiger partial charge in [0, 0.05) is 30.9 Å². The molecular formula is C16H22N4OS. The van der Waals surface area contributed by atoms with Crippen LogP contribution < -0.4 is 0 Å². The highest BCUT2D eigenvalue weighted by Gasteiger charge is 2.28. The molecule has 1 aliphatic rings. The number of rotatable bonds is 3. The van der Waals surface area contributed by atoms with Crippen LogP contribution in [-0.2, 0) is 13.5 Å². The summed E-state index contributed by atoms with van der Waals surface area (Å²) in [4.78, 5) is 16.9. The van der Waals surface area contributed by atoms with E-state index in [0.29, 0.717) is 0 Å². The van der Waals surface area contributed by atoms with E-state index in [0.717, 1.165) is 43.1 Å².